The first-order valence-corrected chi connectivity index (χ1v) is 6.94. The van der Waals surface area contributed by atoms with Gasteiger partial charge in [0.25, 0.3) is 5.92 Å². The quantitative estimate of drug-likeness (QED) is 0.870. The van der Waals surface area contributed by atoms with Crippen molar-refractivity contribution in [2.45, 2.75) is 37.8 Å². The maximum absolute atomic E-state index is 13.1. The molecule has 116 valence electrons. The maximum atomic E-state index is 13.1. The SMILES string of the molecule is COc1cccc(CC(C)NC(=O)C2CC(F)(F)CN2)c1. The number of rotatable bonds is 5. The minimum absolute atomic E-state index is 0.138. The van der Waals surface area contributed by atoms with Crippen LogP contribution in [0.15, 0.2) is 24.3 Å². The highest BCUT2D eigenvalue weighted by Gasteiger charge is 2.42. The van der Waals surface area contributed by atoms with Crippen molar-refractivity contribution < 1.29 is 18.3 Å². The van der Waals surface area contributed by atoms with Gasteiger partial charge in [0, 0.05) is 12.5 Å². The molecule has 21 heavy (non-hydrogen) atoms. The Labute approximate surface area is 122 Å². The van der Waals surface area contributed by atoms with Crippen molar-refractivity contribution in [3.8, 4) is 5.75 Å². The number of halogens is 2. The standard InChI is InChI=1S/C15H20F2N2O2/c1-10(6-11-4-3-5-12(7-11)21-2)19-14(20)13-8-15(16,17)9-18-13/h3-5,7,10,13,18H,6,8-9H2,1-2H3,(H,19,20). The first kappa shape index (κ1) is 15.7. The van der Waals surface area contributed by atoms with Crippen molar-refractivity contribution in [1.82, 2.24) is 10.6 Å². The van der Waals surface area contributed by atoms with Crippen LogP contribution in [-0.2, 0) is 11.2 Å². The minimum Gasteiger partial charge on any atom is -0.497 e. The lowest BCUT2D eigenvalue weighted by molar-refractivity contribution is -0.124. The Morgan fingerprint density at radius 1 is 1.57 bits per heavy atom. The number of alkyl halides is 2. The Morgan fingerprint density at radius 2 is 2.33 bits per heavy atom. The average molecular weight is 298 g/mol. The van der Waals surface area contributed by atoms with Gasteiger partial charge in [-0.15, -0.1) is 0 Å². The van der Waals surface area contributed by atoms with Crippen molar-refractivity contribution in [3.63, 3.8) is 0 Å². The zero-order valence-corrected chi connectivity index (χ0v) is 12.2. The van der Waals surface area contributed by atoms with E-state index < -0.39 is 24.9 Å². The molecule has 1 aromatic rings. The normalized spacial score (nSPS) is 21.8. The summed E-state index contributed by atoms with van der Waals surface area (Å²) >= 11 is 0. The van der Waals surface area contributed by atoms with Crippen LogP contribution in [-0.4, -0.2) is 37.6 Å². The van der Waals surface area contributed by atoms with E-state index in [1.165, 1.54) is 0 Å². The van der Waals surface area contributed by atoms with Gasteiger partial charge >= 0.3 is 0 Å². The Bertz CT molecular complexity index is 508. The van der Waals surface area contributed by atoms with Crippen LogP contribution in [0.3, 0.4) is 0 Å². The molecule has 0 aromatic heterocycles. The van der Waals surface area contributed by atoms with E-state index in [1.54, 1.807) is 7.11 Å². The van der Waals surface area contributed by atoms with Gasteiger partial charge in [0.05, 0.1) is 19.7 Å². The van der Waals surface area contributed by atoms with Crippen LogP contribution >= 0.6 is 0 Å². The predicted octanol–water partition coefficient (Wildman–Crippen LogP) is 1.74. The van der Waals surface area contributed by atoms with Crippen molar-refractivity contribution >= 4 is 5.91 Å². The summed E-state index contributed by atoms with van der Waals surface area (Å²) in [5, 5.41) is 5.32. The van der Waals surface area contributed by atoms with E-state index in [4.69, 9.17) is 4.74 Å². The van der Waals surface area contributed by atoms with E-state index in [0.717, 1.165) is 11.3 Å². The molecule has 1 saturated heterocycles. The zero-order valence-electron chi connectivity index (χ0n) is 12.2. The van der Waals surface area contributed by atoms with Crippen molar-refractivity contribution in [2.24, 2.45) is 0 Å². The number of carbonyl (C=O) groups is 1. The second-order valence-corrected chi connectivity index (χ2v) is 5.46. The lowest BCUT2D eigenvalue weighted by Gasteiger charge is -2.17. The van der Waals surface area contributed by atoms with Crippen LogP contribution < -0.4 is 15.4 Å². The number of amides is 1. The smallest absolute Gasteiger partial charge is 0.262 e. The van der Waals surface area contributed by atoms with Gasteiger partial charge in [-0.2, -0.15) is 0 Å². The van der Waals surface area contributed by atoms with Gasteiger partial charge < -0.3 is 10.1 Å². The summed E-state index contributed by atoms with van der Waals surface area (Å²) in [4.78, 5) is 11.9. The Balaban J connectivity index is 1.86. The third-order valence-electron chi connectivity index (χ3n) is 3.49. The third-order valence-corrected chi connectivity index (χ3v) is 3.49. The number of ether oxygens (including phenoxy) is 1. The molecule has 0 radical (unpaired) electrons. The molecule has 6 heteroatoms. The zero-order chi connectivity index (χ0) is 15.5. The Kier molecular flexibility index (Phi) is 4.77. The minimum atomic E-state index is -2.79. The largest absolute Gasteiger partial charge is 0.497 e. The molecule has 1 aliphatic heterocycles. The van der Waals surface area contributed by atoms with Crippen LogP contribution in [0.4, 0.5) is 8.78 Å². The van der Waals surface area contributed by atoms with E-state index >= 15 is 0 Å². The van der Waals surface area contributed by atoms with E-state index in [0.29, 0.717) is 6.42 Å². The summed E-state index contributed by atoms with van der Waals surface area (Å²) in [5.41, 5.74) is 1.02. The molecule has 0 bridgehead atoms. The molecule has 0 spiro atoms. The fraction of sp³-hybridized carbons (Fsp3) is 0.533. The van der Waals surface area contributed by atoms with Crippen LogP contribution in [0.1, 0.15) is 18.9 Å². The second-order valence-electron chi connectivity index (χ2n) is 5.46. The fourth-order valence-corrected chi connectivity index (χ4v) is 2.45. The van der Waals surface area contributed by atoms with Crippen LogP contribution in [0.5, 0.6) is 5.75 Å². The van der Waals surface area contributed by atoms with Crippen molar-refractivity contribution in [3.05, 3.63) is 29.8 Å². The molecule has 0 saturated carbocycles. The molecular formula is C15H20F2N2O2. The van der Waals surface area contributed by atoms with Crippen LogP contribution in [0.2, 0.25) is 0 Å². The first-order chi connectivity index (χ1) is 9.89. The summed E-state index contributed by atoms with van der Waals surface area (Å²) < 4.78 is 31.3. The second kappa shape index (κ2) is 6.39. The van der Waals surface area contributed by atoms with Crippen LogP contribution in [0.25, 0.3) is 0 Å². The van der Waals surface area contributed by atoms with E-state index in [-0.39, 0.29) is 11.9 Å². The molecule has 1 heterocycles. The van der Waals surface area contributed by atoms with E-state index in [9.17, 15) is 13.6 Å². The molecule has 1 amide bonds. The molecule has 2 atom stereocenters. The van der Waals surface area contributed by atoms with Gasteiger partial charge in [-0.25, -0.2) is 8.78 Å². The predicted molar refractivity (Wildman–Crippen MR) is 75.7 cm³/mol. The van der Waals surface area contributed by atoms with Gasteiger partial charge in [0.1, 0.15) is 5.75 Å². The summed E-state index contributed by atoms with van der Waals surface area (Å²) in [5.74, 6) is -2.41. The molecule has 4 nitrogen and oxygen atoms in total. The van der Waals surface area contributed by atoms with Gasteiger partial charge in [0.15, 0.2) is 0 Å². The van der Waals surface area contributed by atoms with Crippen LogP contribution in [0, 0.1) is 0 Å². The highest BCUT2D eigenvalue weighted by Crippen LogP contribution is 2.25. The maximum Gasteiger partial charge on any atom is 0.262 e. The Hall–Kier alpha value is -1.69. The molecule has 2 N–H and O–H groups in total. The molecule has 1 aliphatic rings. The van der Waals surface area contributed by atoms with Crippen molar-refractivity contribution in [2.75, 3.05) is 13.7 Å². The number of benzene rings is 1. The summed E-state index contributed by atoms with van der Waals surface area (Å²) in [6, 6.07) is 6.60. The molecular weight excluding hydrogens is 278 g/mol. The van der Waals surface area contributed by atoms with Gasteiger partial charge in [-0.3, -0.25) is 10.1 Å². The van der Waals surface area contributed by atoms with Gasteiger partial charge in [-0.1, -0.05) is 12.1 Å². The van der Waals surface area contributed by atoms with Gasteiger partial charge in [0.2, 0.25) is 5.91 Å². The lowest BCUT2D eigenvalue weighted by atomic mass is 10.1. The molecule has 2 unspecified atom stereocenters. The molecule has 1 aromatic carbocycles. The fourth-order valence-electron chi connectivity index (χ4n) is 2.45. The third kappa shape index (κ3) is 4.39. The molecule has 1 fully saturated rings. The number of methoxy groups -OCH3 is 1. The monoisotopic (exact) mass is 298 g/mol. The highest BCUT2D eigenvalue weighted by molar-refractivity contribution is 5.82. The van der Waals surface area contributed by atoms with E-state index in [2.05, 4.69) is 10.6 Å². The molecule has 0 aliphatic carbocycles. The number of carbonyl (C=O) groups excluding carboxylic acids is 1. The summed E-state index contributed by atoms with van der Waals surface area (Å²) in [6.07, 6.45) is 0.177. The number of nitrogens with one attached hydrogen (secondary N) is 2. The average Bonchev–Trinajstić information content (AvgIpc) is 2.79. The molecule has 2 rings (SSSR count). The topological polar surface area (TPSA) is 50.4 Å². The lowest BCUT2D eigenvalue weighted by Crippen LogP contribution is -2.44. The van der Waals surface area contributed by atoms with Gasteiger partial charge in [-0.05, 0) is 31.0 Å². The number of hydrogen-bond donors (Lipinski definition) is 2. The summed E-state index contributed by atoms with van der Waals surface area (Å²) in [6.45, 7) is 1.42. The first-order valence-electron chi connectivity index (χ1n) is 6.94. The van der Waals surface area contributed by atoms with E-state index in [1.807, 2.05) is 31.2 Å². The summed E-state index contributed by atoms with van der Waals surface area (Å²) in [7, 11) is 1.59. The number of hydrogen-bond acceptors (Lipinski definition) is 3. The Morgan fingerprint density at radius 3 is 2.95 bits per heavy atom. The van der Waals surface area contributed by atoms with Crippen molar-refractivity contribution in [1.29, 1.82) is 0 Å². The highest BCUT2D eigenvalue weighted by atomic mass is 19.3.